The predicted octanol–water partition coefficient (Wildman–Crippen LogP) is 3.85. The maximum absolute atomic E-state index is 12.7. The van der Waals surface area contributed by atoms with Gasteiger partial charge in [-0.1, -0.05) is 15.9 Å². The van der Waals surface area contributed by atoms with Crippen LogP contribution in [0.15, 0.2) is 10.5 Å². The quantitative estimate of drug-likeness (QED) is 0.595. The SMILES string of the molecule is CCOC(=O)c1cc(CBr)nc(C(F)F)c1Br. The van der Waals surface area contributed by atoms with E-state index in [0.717, 1.165) is 0 Å². The Hall–Kier alpha value is -0.560. The third kappa shape index (κ3) is 3.45. The summed E-state index contributed by atoms with van der Waals surface area (Å²) in [5, 5.41) is 0.284. The molecular weight excluding hydrogens is 364 g/mol. The molecule has 1 aromatic rings. The Labute approximate surface area is 114 Å². The monoisotopic (exact) mass is 371 g/mol. The Morgan fingerprint density at radius 2 is 2.24 bits per heavy atom. The van der Waals surface area contributed by atoms with Crippen molar-refractivity contribution in [3.8, 4) is 0 Å². The molecule has 0 radical (unpaired) electrons. The third-order valence-corrected chi connectivity index (χ3v) is 3.28. The van der Waals surface area contributed by atoms with Gasteiger partial charge in [0.15, 0.2) is 0 Å². The van der Waals surface area contributed by atoms with Gasteiger partial charge in [-0.3, -0.25) is 0 Å². The van der Waals surface area contributed by atoms with E-state index in [1.807, 2.05) is 0 Å². The Kier molecular flexibility index (Phi) is 5.45. The second kappa shape index (κ2) is 6.39. The van der Waals surface area contributed by atoms with Crippen LogP contribution in [0.5, 0.6) is 0 Å². The molecule has 1 rings (SSSR count). The number of hydrogen-bond donors (Lipinski definition) is 0. The van der Waals surface area contributed by atoms with Gasteiger partial charge >= 0.3 is 5.97 Å². The van der Waals surface area contributed by atoms with Crippen molar-refractivity contribution in [3.05, 3.63) is 27.5 Å². The zero-order chi connectivity index (χ0) is 13.0. The number of aromatic nitrogens is 1. The van der Waals surface area contributed by atoms with Gasteiger partial charge in [-0.25, -0.2) is 18.6 Å². The molecule has 0 saturated heterocycles. The maximum atomic E-state index is 12.7. The van der Waals surface area contributed by atoms with Gasteiger partial charge in [0.05, 0.1) is 22.3 Å². The lowest BCUT2D eigenvalue weighted by Gasteiger charge is -2.10. The molecule has 0 saturated carbocycles. The van der Waals surface area contributed by atoms with Crippen molar-refractivity contribution in [1.82, 2.24) is 4.98 Å². The summed E-state index contributed by atoms with van der Waals surface area (Å²) in [6.45, 7) is 1.83. The number of nitrogens with zero attached hydrogens (tertiary/aromatic N) is 1. The highest BCUT2D eigenvalue weighted by molar-refractivity contribution is 9.10. The molecule has 0 spiro atoms. The van der Waals surface area contributed by atoms with Gasteiger partial charge in [-0.2, -0.15) is 0 Å². The first kappa shape index (κ1) is 14.5. The van der Waals surface area contributed by atoms with Crippen molar-refractivity contribution in [2.75, 3.05) is 6.61 Å². The molecule has 0 aromatic carbocycles. The first-order valence-corrected chi connectivity index (χ1v) is 6.63. The molecule has 0 amide bonds. The minimum absolute atomic E-state index is 0.0179. The summed E-state index contributed by atoms with van der Waals surface area (Å²) in [7, 11) is 0. The highest BCUT2D eigenvalue weighted by atomic mass is 79.9. The van der Waals surface area contributed by atoms with Crippen LogP contribution < -0.4 is 0 Å². The summed E-state index contributed by atoms with van der Waals surface area (Å²) in [5.41, 5.74) is -0.0387. The molecule has 3 nitrogen and oxygen atoms in total. The maximum Gasteiger partial charge on any atom is 0.339 e. The minimum Gasteiger partial charge on any atom is -0.462 e. The smallest absolute Gasteiger partial charge is 0.339 e. The van der Waals surface area contributed by atoms with Gasteiger partial charge in [-0.15, -0.1) is 0 Å². The van der Waals surface area contributed by atoms with E-state index in [4.69, 9.17) is 4.74 Å². The number of carbonyl (C=O) groups excluding carboxylic acids is 1. The Bertz CT molecular complexity index is 427. The minimum atomic E-state index is -2.75. The molecule has 94 valence electrons. The van der Waals surface area contributed by atoms with Crippen molar-refractivity contribution in [3.63, 3.8) is 0 Å². The van der Waals surface area contributed by atoms with Crippen molar-refractivity contribution in [1.29, 1.82) is 0 Å². The van der Waals surface area contributed by atoms with Gasteiger partial charge in [0.25, 0.3) is 6.43 Å². The Morgan fingerprint density at radius 3 is 2.71 bits per heavy atom. The molecule has 17 heavy (non-hydrogen) atoms. The van der Waals surface area contributed by atoms with E-state index < -0.39 is 18.1 Å². The predicted molar refractivity (Wildman–Crippen MR) is 65.5 cm³/mol. The van der Waals surface area contributed by atoms with Crippen LogP contribution in [0.3, 0.4) is 0 Å². The number of pyridine rings is 1. The van der Waals surface area contributed by atoms with E-state index in [1.54, 1.807) is 6.92 Å². The first-order chi connectivity index (χ1) is 8.01. The summed E-state index contributed by atoms with van der Waals surface area (Å²) >= 11 is 6.07. The molecule has 0 aliphatic rings. The molecule has 0 N–H and O–H groups in total. The third-order valence-electron chi connectivity index (χ3n) is 1.88. The number of esters is 1. The van der Waals surface area contributed by atoms with Crippen LogP contribution >= 0.6 is 31.9 Å². The van der Waals surface area contributed by atoms with Gasteiger partial charge in [-0.05, 0) is 28.9 Å². The van der Waals surface area contributed by atoms with Crippen LogP contribution in [0.25, 0.3) is 0 Å². The molecular formula is C10H9Br2F2NO2. The molecule has 0 aliphatic carbocycles. The van der Waals surface area contributed by atoms with Crippen molar-refractivity contribution in [2.24, 2.45) is 0 Å². The second-order valence-corrected chi connectivity index (χ2v) is 4.37. The van der Waals surface area contributed by atoms with Crippen LogP contribution in [-0.2, 0) is 10.1 Å². The van der Waals surface area contributed by atoms with Gasteiger partial charge in [0.2, 0.25) is 0 Å². The van der Waals surface area contributed by atoms with Crippen molar-refractivity contribution < 1.29 is 18.3 Å². The van der Waals surface area contributed by atoms with Crippen LogP contribution in [0.4, 0.5) is 8.78 Å². The lowest BCUT2D eigenvalue weighted by Crippen LogP contribution is -2.09. The van der Waals surface area contributed by atoms with Gasteiger partial charge in [0, 0.05) is 5.33 Å². The van der Waals surface area contributed by atoms with E-state index in [-0.39, 0.29) is 22.0 Å². The number of alkyl halides is 3. The fourth-order valence-corrected chi connectivity index (χ4v) is 2.00. The van der Waals surface area contributed by atoms with Gasteiger partial charge < -0.3 is 4.74 Å². The lowest BCUT2D eigenvalue weighted by molar-refractivity contribution is 0.0524. The van der Waals surface area contributed by atoms with Crippen LogP contribution in [0.1, 0.15) is 35.1 Å². The Morgan fingerprint density at radius 1 is 1.59 bits per heavy atom. The number of halogens is 4. The fourth-order valence-electron chi connectivity index (χ4n) is 1.17. The van der Waals surface area contributed by atoms with E-state index in [2.05, 4.69) is 36.8 Å². The molecule has 0 aliphatic heterocycles. The molecule has 1 heterocycles. The number of rotatable bonds is 4. The Balaban J connectivity index is 3.28. The number of hydrogen-bond acceptors (Lipinski definition) is 3. The molecule has 0 bridgehead atoms. The fraction of sp³-hybridized carbons (Fsp3) is 0.400. The van der Waals surface area contributed by atoms with E-state index in [9.17, 15) is 13.6 Å². The largest absolute Gasteiger partial charge is 0.462 e. The summed E-state index contributed by atoms with van der Waals surface area (Å²) in [6, 6.07) is 1.42. The average Bonchev–Trinajstić information content (AvgIpc) is 2.29. The second-order valence-electron chi connectivity index (χ2n) is 3.02. The van der Waals surface area contributed by atoms with Crippen LogP contribution in [0.2, 0.25) is 0 Å². The zero-order valence-corrected chi connectivity index (χ0v) is 12.0. The van der Waals surface area contributed by atoms with Gasteiger partial charge in [0.1, 0.15) is 5.69 Å². The van der Waals surface area contributed by atoms with Crippen molar-refractivity contribution in [2.45, 2.75) is 18.7 Å². The molecule has 0 fully saturated rings. The normalized spacial score (nSPS) is 10.7. The number of ether oxygens (including phenoxy) is 1. The zero-order valence-electron chi connectivity index (χ0n) is 8.84. The summed E-state index contributed by atoms with van der Waals surface area (Å²) in [5.74, 6) is -0.647. The van der Waals surface area contributed by atoms with E-state index in [1.165, 1.54) is 6.07 Å². The van der Waals surface area contributed by atoms with E-state index >= 15 is 0 Å². The molecule has 0 unspecified atom stereocenters. The van der Waals surface area contributed by atoms with E-state index in [0.29, 0.717) is 5.69 Å². The highest BCUT2D eigenvalue weighted by Gasteiger charge is 2.22. The summed E-state index contributed by atoms with van der Waals surface area (Å²) < 4.78 is 30.2. The molecule has 1 aromatic heterocycles. The average molecular weight is 373 g/mol. The van der Waals surface area contributed by atoms with Crippen molar-refractivity contribution >= 4 is 37.8 Å². The lowest BCUT2D eigenvalue weighted by atomic mass is 10.2. The first-order valence-electron chi connectivity index (χ1n) is 4.71. The standard InChI is InChI=1S/C10H9Br2F2NO2/c1-2-17-10(16)6-3-5(4-11)15-8(7(6)12)9(13)14/h3,9H,2,4H2,1H3. The molecule has 7 heteroatoms. The number of carbonyl (C=O) groups is 1. The summed E-state index contributed by atoms with van der Waals surface area (Å²) in [6.07, 6.45) is -2.75. The molecule has 0 atom stereocenters. The van der Waals surface area contributed by atoms with Crippen LogP contribution in [-0.4, -0.2) is 17.6 Å². The topological polar surface area (TPSA) is 39.2 Å². The summed E-state index contributed by atoms with van der Waals surface area (Å²) in [4.78, 5) is 15.3. The highest BCUT2D eigenvalue weighted by Crippen LogP contribution is 2.30. The van der Waals surface area contributed by atoms with Crippen LogP contribution in [0, 0.1) is 0 Å².